The smallest absolute Gasteiger partial charge is 0.0486 e. The van der Waals surface area contributed by atoms with E-state index in [2.05, 4.69) is 19.2 Å². The molecular weight excluding hydrogens is 114 g/mol. The van der Waals surface area contributed by atoms with E-state index < -0.39 is 0 Å². The summed E-state index contributed by atoms with van der Waals surface area (Å²) in [7, 11) is 0. The van der Waals surface area contributed by atoms with Crippen molar-refractivity contribution >= 4 is 0 Å². The second-order valence-electron chi connectivity index (χ2n) is 3.12. The van der Waals surface area contributed by atoms with E-state index >= 15 is 0 Å². The van der Waals surface area contributed by atoms with Gasteiger partial charge in [-0.05, 0) is 5.92 Å². The lowest BCUT2D eigenvalue weighted by Gasteiger charge is -2.39. The van der Waals surface area contributed by atoms with Crippen LogP contribution in [0.5, 0.6) is 0 Å². The fraction of sp³-hybridized carbons (Fsp3) is 1.00. The summed E-state index contributed by atoms with van der Waals surface area (Å²) in [6, 6.07) is 0.565. The maximum Gasteiger partial charge on any atom is 0.0486 e. The van der Waals surface area contributed by atoms with Crippen LogP contribution in [0.15, 0.2) is 0 Å². The molecule has 2 nitrogen and oxygen atoms in total. The molecule has 1 fully saturated rings. The van der Waals surface area contributed by atoms with Gasteiger partial charge in [0.05, 0.1) is 0 Å². The number of rotatable bonds is 2. The Morgan fingerprint density at radius 3 is 2.44 bits per heavy atom. The first kappa shape index (κ1) is 7.03. The molecule has 0 radical (unpaired) electrons. The fourth-order valence-electron chi connectivity index (χ4n) is 1.38. The summed E-state index contributed by atoms with van der Waals surface area (Å²) in [4.78, 5) is 0. The number of hydrogen-bond donors (Lipinski definition) is 2. The zero-order chi connectivity index (χ0) is 6.85. The predicted molar refractivity (Wildman–Crippen MR) is 37.2 cm³/mol. The first-order chi connectivity index (χ1) is 4.25. The van der Waals surface area contributed by atoms with Crippen LogP contribution in [0.2, 0.25) is 0 Å². The highest BCUT2D eigenvalue weighted by atomic mass is 16.3. The van der Waals surface area contributed by atoms with Crippen molar-refractivity contribution in [2.45, 2.75) is 19.9 Å². The van der Waals surface area contributed by atoms with Gasteiger partial charge in [0.2, 0.25) is 0 Å². The highest BCUT2D eigenvalue weighted by Gasteiger charge is 2.31. The molecular formula is C7H15NO. The minimum Gasteiger partial charge on any atom is -0.396 e. The lowest BCUT2D eigenvalue weighted by Crippen LogP contribution is -2.57. The molecule has 0 aliphatic carbocycles. The van der Waals surface area contributed by atoms with Crippen LogP contribution in [0.4, 0.5) is 0 Å². The molecule has 1 saturated heterocycles. The van der Waals surface area contributed by atoms with Crippen molar-refractivity contribution < 1.29 is 5.11 Å². The van der Waals surface area contributed by atoms with Gasteiger partial charge in [-0.2, -0.15) is 0 Å². The van der Waals surface area contributed by atoms with Gasteiger partial charge in [0, 0.05) is 25.1 Å². The van der Waals surface area contributed by atoms with Crippen molar-refractivity contribution in [1.29, 1.82) is 0 Å². The second kappa shape index (κ2) is 2.67. The Kier molecular flexibility index (Phi) is 2.09. The van der Waals surface area contributed by atoms with Crippen LogP contribution in [0.3, 0.4) is 0 Å². The average molecular weight is 129 g/mol. The third-order valence-electron chi connectivity index (χ3n) is 2.08. The SMILES string of the molecule is CC(C)C1NCC1CO. The summed E-state index contributed by atoms with van der Waals surface area (Å²) in [5.41, 5.74) is 0. The minimum absolute atomic E-state index is 0.343. The molecule has 0 saturated carbocycles. The van der Waals surface area contributed by atoms with Gasteiger partial charge in [0.25, 0.3) is 0 Å². The summed E-state index contributed by atoms with van der Waals surface area (Å²) < 4.78 is 0. The molecule has 2 N–H and O–H groups in total. The zero-order valence-electron chi connectivity index (χ0n) is 6.09. The Bertz CT molecular complexity index is 90.9. The quantitative estimate of drug-likeness (QED) is 0.559. The highest BCUT2D eigenvalue weighted by molar-refractivity contribution is 4.89. The first-order valence-corrected chi connectivity index (χ1v) is 3.60. The van der Waals surface area contributed by atoms with Gasteiger partial charge >= 0.3 is 0 Å². The summed E-state index contributed by atoms with van der Waals surface area (Å²) in [6.07, 6.45) is 0. The van der Waals surface area contributed by atoms with E-state index in [1.807, 2.05) is 0 Å². The first-order valence-electron chi connectivity index (χ1n) is 3.60. The third kappa shape index (κ3) is 1.25. The second-order valence-corrected chi connectivity index (χ2v) is 3.12. The molecule has 0 spiro atoms. The normalized spacial score (nSPS) is 34.7. The van der Waals surface area contributed by atoms with E-state index in [0.717, 1.165) is 6.54 Å². The van der Waals surface area contributed by atoms with E-state index in [0.29, 0.717) is 24.5 Å². The number of aliphatic hydroxyl groups is 1. The van der Waals surface area contributed by atoms with Crippen LogP contribution < -0.4 is 5.32 Å². The van der Waals surface area contributed by atoms with Crippen molar-refractivity contribution in [2.75, 3.05) is 13.2 Å². The molecule has 1 heterocycles. The Hall–Kier alpha value is -0.0800. The van der Waals surface area contributed by atoms with Crippen molar-refractivity contribution in [3.8, 4) is 0 Å². The third-order valence-corrected chi connectivity index (χ3v) is 2.08. The lowest BCUT2D eigenvalue weighted by atomic mass is 9.84. The Morgan fingerprint density at radius 1 is 1.67 bits per heavy atom. The van der Waals surface area contributed by atoms with Crippen LogP contribution in [0.25, 0.3) is 0 Å². The molecule has 0 aromatic carbocycles. The molecule has 9 heavy (non-hydrogen) atoms. The number of nitrogens with one attached hydrogen (secondary N) is 1. The van der Waals surface area contributed by atoms with Crippen LogP contribution in [0.1, 0.15) is 13.8 Å². The summed E-state index contributed by atoms with van der Waals surface area (Å²) in [5, 5.41) is 12.1. The van der Waals surface area contributed by atoms with Crippen molar-refractivity contribution in [2.24, 2.45) is 11.8 Å². The van der Waals surface area contributed by atoms with E-state index in [1.54, 1.807) is 0 Å². The molecule has 0 aromatic rings. The standard InChI is InChI=1S/C7H15NO/c1-5(2)7-6(4-9)3-8-7/h5-9H,3-4H2,1-2H3. The minimum atomic E-state index is 0.343. The van der Waals surface area contributed by atoms with Crippen molar-refractivity contribution in [3.63, 3.8) is 0 Å². The number of aliphatic hydroxyl groups excluding tert-OH is 1. The lowest BCUT2D eigenvalue weighted by molar-refractivity contribution is 0.101. The van der Waals surface area contributed by atoms with Gasteiger partial charge in [-0.15, -0.1) is 0 Å². The van der Waals surface area contributed by atoms with Crippen LogP contribution in [0, 0.1) is 11.8 Å². The van der Waals surface area contributed by atoms with Gasteiger partial charge in [-0.1, -0.05) is 13.8 Å². The van der Waals surface area contributed by atoms with Crippen molar-refractivity contribution in [3.05, 3.63) is 0 Å². The molecule has 0 amide bonds. The van der Waals surface area contributed by atoms with Crippen molar-refractivity contribution in [1.82, 2.24) is 5.32 Å². The summed E-state index contributed by atoms with van der Waals surface area (Å²) in [6.45, 7) is 5.70. The van der Waals surface area contributed by atoms with Crippen LogP contribution in [-0.2, 0) is 0 Å². The molecule has 1 aliphatic rings. The molecule has 0 aromatic heterocycles. The largest absolute Gasteiger partial charge is 0.396 e. The molecule has 54 valence electrons. The van der Waals surface area contributed by atoms with Gasteiger partial charge < -0.3 is 10.4 Å². The Balaban J connectivity index is 2.27. The highest BCUT2D eigenvalue weighted by Crippen LogP contribution is 2.19. The molecule has 1 rings (SSSR count). The molecule has 0 bridgehead atoms. The molecule has 2 heteroatoms. The van der Waals surface area contributed by atoms with E-state index in [4.69, 9.17) is 5.11 Å². The summed E-state index contributed by atoms with van der Waals surface area (Å²) >= 11 is 0. The van der Waals surface area contributed by atoms with Gasteiger partial charge in [0.1, 0.15) is 0 Å². The fourth-order valence-corrected chi connectivity index (χ4v) is 1.38. The zero-order valence-corrected chi connectivity index (χ0v) is 6.09. The average Bonchev–Trinajstić information content (AvgIpc) is 1.61. The monoisotopic (exact) mass is 129 g/mol. The summed E-state index contributed by atoms with van der Waals surface area (Å²) in [5.74, 6) is 1.18. The molecule has 2 atom stereocenters. The Morgan fingerprint density at radius 2 is 2.33 bits per heavy atom. The maximum atomic E-state index is 8.77. The van der Waals surface area contributed by atoms with Gasteiger partial charge in [0.15, 0.2) is 0 Å². The molecule has 1 aliphatic heterocycles. The molecule has 2 unspecified atom stereocenters. The topological polar surface area (TPSA) is 32.3 Å². The van der Waals surface area contributed by atoms with Crippen LogP contribution >= 0.6 is 0 Å². The van der Waals surface area contributed by atoms with Crippen LogP contribution in [-0.4, -0.2) is 24.3 Å². The van der Waals surface area contributed by atoms with Gasteiger partial charge in [-0.3, -0.25) is 0 Å². The van der Waals surface area contributed by atoms with E-state index in [1.165, 1.54) is 0 Å². The van der Waals surface area contributed by atoms with Gasteiger partial charge in [-0.25, -0.2) is 0 Å². The van der Waals surface area contributed by atoms with E-state index in [9.17, 15) is 0 Å². The predicted octanol–water partition coefficient (Wildman–Crippen LogP) is 0.223. The Labute approximate surface area is 56.3 Å². The number of hydrogen-bond acceptors (Lipinski definition) is 2. The van der Waals surface area contributed by atoms with E-state index in [-0.39, 0.29) is 0 Å². The maximum absolute atomic E-state index is 8.77.